The number of nitrogens with zero attached hydrogens (tertiary/aromatic N) is 1. The highest BCUT2D eigenvalue weighted by Gasteiger charge is 2.43. The molecule has 4 rings (SSSR count). The summed E-state index contributed by atoms with van der Waals surface area (Å²) < 4.78 is 0.962. The minimum atomic E-state index is -0.591. The Morgan fingerprint density at radius 2 is 1.57 bits per heavy atom. The molecular weight excluding hydrogens is 509 g/mol. The Morgan fingerprint density at radius 3 is 2.23 bits per heavy atom. The van der Waals surface area contributed by atoms with Gasteiger partial charge in [0.25, 0.3) is 0 Å². The molecule has 0 aromatic heterocycles. The molecule has 1 fully saturated rings. The zero-order valence-electron chi connectivity index (χ0n) is 15.5. The first-order valence-electron chi connectivity index (χ1n) is 9.18. The van der Waals surface area contributed by atoms with Crippen molar-refractivity contribution in [2.75, 3.05) is 0 Å². The second-order valence-electron chi connectivity index (χ2n) is 6.99. The van der Waals surface area contributed by atoms with E-state index in [0.717, 1.165) is 22.2 Å². The molecule has 1 aliphatic rings. The van der Waals surface area contributed by atoms with Crippen LogP contribution in [0, 0.1) is 5.92 Å². The summed E-state index contributed by atoms with van der Waals surface area (Å²) >= 11 is 21.4. The molecule has 0 saturated heterocycles. The van der Waals surface area contributed by atoms with Crippen LogP contribution in [0.2, 0.25) is 15.1 Å². The van der Waals surface area contributed by atoms with Gasteiger partial charge in [-0.1, -0.05) is 80.2 Å². The van der Waals surface area contributed by atoms with Crippen molar-refractivity contribution in [1.82, 2.24) is 0 Å². The Balaban J connectivity index is 1.59. The zero-order valence-corrected chi connectivity index (χ0v) is 19.3. The summed E-state index contributed by atoms with van der Waals surface area (Å²) in [5, 5.41) is 5.62. The average Bonchev–Trinajstić information content (AvgIpc) is 3.52. The molecule has 0 aliphatic heterocycles. The van der Waals surface area contributed by atoms with E-state index in [9.17, 15) is 4.79 Å². The van der Waals surface area contributed by atoms with Crippen LogP contribution in [-0.4, -0.2) is 11.7 Å². The molecule has 0 N–H and O–H groups in total. The Morgan fingerprint density at radius 1 is 0.900 bits per heavy atom. The molecule has 1 aliphatic carbocycles. The van der Waals surface area contributed by atoms with Crippen LogP contribution >= 0.6 is 50.7 Å². The maximum atomic E-state index is 12.5. The second kappa shape index (κ2) is 9.11. The highest BCUT2D eigenvalue weighted by Crippen LogP contribution is 2.49. The SMILES string of the molecule is O=C(O/N=C(/c1ccc(Br)cc1)[C@H]1C[C@@H]1c1ccc(Cl)cc1)c1ccc(Cl)c(Cl)c1. The van der Waals surface area contributed by atoms with Crippen molar-refractivity contribution in [3.05, 3.63) is 103 Å². The van der Waals surface area contributed by atoms with E-state index < -0.39 is 5.97 Å². The van der Waals surface area contributed by atoms with Crippen molar-refractivity contribution in [2.24, 2.45) is 11.1 Å². The molecule has 0 heterocycles. The van der Waals surface area contributed by atoms with E-state index in [4.69, 9.17) is 39.6 Å². The van der Waals surface area contributed by atoms with E-state index in [0.29, 0.717) is 16.0 Å². The van der Waals surface area contributed by atoms with E-state index in [1.807, 2.05) is 48.5 Å². The van der Waals surface area contributed by atoms with E-state index >= 15 is 0 Å². The van der Waals surface area contributed by atoms with Gasteiger partial charge in [0, 0.05) is 15.4 Å². The third kappa shape index (κ3) is 4.89. The van der Waals surface area contributed by atoms with Crippen molar-refractivity contribution < 1.29 is 9.63 Å². The summed E-state index contributed by atoms with van der Waals surface area (Å²) in [6, 6.07) is 20.2. The van der Waals surface area contributed by atoms with Crippen LogP contribution < -0.4 is 0 Å². The van der Waals surface area contributed by atoms with Gasteiger partial charge >= 0.3 is 5.97 Å². The Hall–Kier alpha value is -1.85. The van der Waals surface area contributed by atoms with Crippen molar-refractivity contribution in [3.63, 3.8) is 0 Å². The molecule has 0 bridgehead atoms. The van der Waals surface area contributed by atoms with Gasteiger partial charge in [0.15, 0.2) is 0 Å². The molecule has 3 aromatic carbocycles. The lowest BCUT2D eigenvalue weighted by Gasteiger charge is -2.08. The first-order chi connectivity index (χ1) is 14.4. The van der Waals surface area contributed by atoms with Gasteiger partial charge < -0.3 is 4.84 Å². The first kappa shape index (κ1) is 21.4. The third-order valence-corrected chi connectivity index (χ3v) is 6.48. The van der Waals surface area contributed by atoms with Gasteiger partial charge in [0.1, 0.15) is 0 Å². The first-order valence-corrected chi connectivity index (χ1v) is 11.1. The fourth-order valence-corrected chi connectivity index (χ4v) is 3.99. The van der Waals surface area contributed by atoms with Gasteiger partial charge in [-0.25, -0.2) is 4.79 Å². The lowest BCUT2D eigenvalue weighted by molar-refractivity contribution is 0.0515. The summed E-state index contributed by atoms with van der Waals surface area (Å²) in [5.41, 5.74) is 3.11. The van der Waals surface area contributed by atoms with Gasteiger partial charge in [0.2, 0.25) is 0 Å². The Kier molecular flexibility index (Phi) is 6.49. The monoisotopic (exact) mass is 521 g/mol. The molecule has 3 nitrogen and oxygen atoms in total. The van der Waals surface area contributed by atoms with Gasteiger partial charge in [-0.15, -0.1) is 0 Å². The van der Waals surface area contributed by atoms with Crippen LogP contribution in [-0.2, 0) is 4.84 Å². The van der Waals surface area contributed by atoms with Gasteiger partial charge in [-0.05, 0) is 65.9 Å². The summed E-state index contributed by atoms with van der Waals surface area (Å²) in [7, 11) is 0. The molecular formula is C23H15BrCl3NO2. The number of hydrogen-bond acceptors (Lipinski definition) is 3. The van der Waals surface area contributed by atoms with Gasteiger partial charge in [0.05, 0.1) is 21.3 Å². The third-order valence-electron chi connectivity index (χ3n) is 4.96. The molecule has 2 atom stereocenters. The van der Waals surface area contributed by atoms with Gasteiger partial charge in [-0.3, -0.25) is 0 Å². The summed E-state index contributed by atoms with van der Waals surface area (Å²) in [4.78, 5) is 17.8. The molecule has 0 amide bonds. The molecule has 7 heteroatoms. The number of hydrogen-bond donors (Lipinski definition) is 0. The molecule has 0 radical (unpaired) electrons. The number of carbonyl (C=O) groups excluding carboxylic acids is 1. The number of rotatable bonds is 5. The normalized spacial score (nSPS) is 18.2. The zero-order chi connectivity index (χ0) is 21.3. The van der Waals surface area contributed by atoms with Crippen molar-refractivity contribution in [1.29, 1.82) is 0 Å². The minimum Gasteiger partial charge on any atom is -0.313 e. The van der Waals surface area contributed by atoms with E-state index in [2.05, 4.69) is 21.1 Å². The number of halogens is 4. The topological polar surface area (TPSA) is 38.7 Å². The largest absolute Gasteiger partial charge is 0.365 e. The Bertz CT molecular complexity index is 1110. The minimum absolute atomic E-state index is 0.147. The summed E-state index contributed by atoms with van der Waals surface area (Å²) in [6.45, 7) is 0. The molecule has 30 heavy (non-hydrogen) atoms. The fraction of sp³-hybridized carbons (Fsp3) is 0.130. The van der Waals surface area contributed by atoms with Crippen LogP contribution in [0.25, 0.3) is 0 Å². The van der Waals surface area contributed by atoms with Crippen LogP contribution in [0.5, 0.6) is 0 Å². The Labute approximate surface area is 197 Å². The lowest BCUT2D eigenvalue weighted by atomic mass is 10.0. The van der Waals surface area contributed by atoms with Crippen molar-refractivity contribution >= 4 is 62.4 Å². The molecule has 0 unspecified atom stereocenters. The van der Waals surface area contributed by atoms with Crippen molar-refractivity contribution in [3.8, 4) is 0 Å². The smallest absolute Gasteiger partial charge is 0.313 e. The van der Waals surface area contributed by atoms with Crippen LogP contribution in [0.15, 0.2) is 76.4 Å². The highest BCUT2D eigenvalue weighted by atomic mass is 79.9. The van der Waals surface area contributed by atoms with Crippen LogP contribution in [0.3, 0.4) is 0 Å². The molecule has 1 saturated carbocycles. The van der Waals surface area contributed by atoms with E-state index in [-0.39, 0.29) is 16.5 Å². The van der Waals surface area contributed by atoms with E-state index in [1.54, 1.807) is 12.1 Å². The predicted molar refractivity (Wildman–Crippen MR) is 125 cm³/mol. The van der Waals surface area contributed by atoms with Crippen LogP contribution in [0.4, 0.5) is 0 Å². The molecule has 3 aromatic rings. The number of benzene rings is 3. The standard InChI is InChI=1S/C23H15BrCl3NO2/c24-16-6-1-14(2-7-16)22(19-12-18(19)13-3-8-17(25)9-4-13)28-30-23(29)15-5-10-20(26)21(27)11-15/h1-11,18-19H,12H2/b28-22-/t18-,19+/m1/s1. The summed E-state index contributed by atoms with van der Waals surface area (Å²) in [6.07, 6.45) is 0.918. The maximum Gasteiger partial charge on any atom is 0.365 e. The predicted octanol–water partition coefficient (Wildman–Crippen LogP) is 7.77. The van der Waals surface area contributed by atoms with Crippen LogP contribution in [0.1, 0.15) is 33.8 Å². The van der Waals surface area contributed by atoms with Gasteiger partial charge in [-0.2, -0.15) is 0 Å². The van der Waals surface area contributed by atoms with Crippen molar-refractivity contribution in [2.45, 2.75) is 12.3 Å². The fourth-order valence-electron chi connectivity index (χ4n) is 3.30. The van der Waals surface area contributed by atoms with E-state index in [1.165, 1.54) is 11.6 Å². The highest BCUT2D eigenvalue weighted by molar-refractivity contribution is 9.10. The lowest BCUT2D eigenvalue weighted by Crippen LogP contribution is -2.09. The quantitative estimate of drug-likeness (QED) is 0.195. The summed E-state index contributed by atoms with van der Waals surface area (Å²) in [5.74, 6) is -0.144. The molecule has 152 valence electrons. The number of oxime groups is 1. The second-order valence-corrected chi connectivity index (χ2v) is 9.16. The average molecular weight is 524 g/mol. The molecule has 0 spiro atoms. The maximum absolute atomic E-state index is 12.5. The number of carbonyl (C=O) groups is 1.